The molecule has 5 nitrogen and oxygen atoms in total. The summed E-state index contributed by atoms with van der Waals surface area (Å²) in [6.45, 7) is 0. The molecule has 3 aromatic rings. The zero-order valence-corrected chi connectivity index (χ0v) is 16.9. The lowest BCUT2D eigenvalue weighted by molar-refractivity contribution is -0.137. The van der Waals surface area contributed by atoms with Crippen molar-refractivity contribution in [2.75, 3.05) is 10.0 Å². The van der Waals surface area contributed by atoms with Crippen LogP contribution in [-0.4, -0.2) is 14.3 Å². The van der Waals surface area contributed by atoms with Crippen LogP contribution in [0.15, 0.2) is 71.6 Å². The van der Waals surface area contributed by atoms with Gasteiger partial charge >= 0.3 is 6.18 Å². The second kappa shape index (κ2) is 8.56. The molecule has 2 N–H and O–H groups in total. The molecule has 0 saturated carbocycles. The van der Waals surface area contributed by atoms with E-state index < -0.39 is 38.5 Å². The highest BCUT2D eigenvalue weighted by atomic mass is 35.5. The van der Waals surface area contributed by atoms with Crippen molar-refractivity contribution >= 4 is 38.9 Å². The van der Waals surface area contributed by atoms with Crippen molar-refractivity contribution in [2.45, 2.75) is 11.1 Å². The Kier molecular flexibility index (Phi) is 6.23. The molecule has 0 unspecified atom stereocenters. The van der Waals surface area contributed by atoms with Gasteiger partial charge in [-0.3, -0.25) is 9.52 Å². The first kappa shape index (κ1) is 22.6. The zero-order chi connectivity index (χ0) is 22.8. The van der Waals surface area contributed by atoms with E-state index in [0.717, 1.165) is 30.3 Å². The fourth-order valence-corrected chi connectivity index (χ4v) is 3.84. The number of halogens is 5. The van der Waals surface area contributed by atoms with E-state index in [1.807, 2.05) is 0 Å². The Labute approximate surface area is 179 Å². The average Bonchev–Trinajstić information content (AvgIpc) is 2.69. The number of hydrogen-bond donors (Lipinski definition) is 2. The fraction of sp³-hybridized carbons (Fsp3) is 0.0500. The SMILES string of the molecule is O=C(Nc1ccc(S(=O)(=O)Nc2ccc(Cl)c(C(F)(F)F)c2)cc1)c1cccc(F)c1. The highest BCUT2D eigenvalue weighted by molar-refractivity contribution is 7.92. The summed E-state index contributed by atoms with van der Waals surface area (Å²) in [6.07, 6.45) is -4.75. The van der Waals surface area contributed by atoms with E-state index in [1.165, 1.54) is 30.3 Å². The summed E-state index contributed by atoms with van der Waals surface area (Å²) in [6, 6.07) is 12.5. The zero-order valence-electron chi connectivity index (χ0n) is 15.4. The first-order valence-corrected chi connectivity index (χ1v) is 10.4. The van der Waals surface area contributed by atoms with Gasteiger partial charge in [-0.15, -0.1) is 0 Å². The molecule has 11 heteroatoms. The van der Waals surface area contributed by atoms with Crippen LogP contribution in [-0.2, 0) is 16.2 Å². The van der Waals surface area contributed by atoms with Gasteiger partial charge in [-0.2, -0.15) is 13.2 Å². The molecular weight excluding hydrogens is 460 g/mol. The number of benzene rings is 3. The second-order valence-electron chi connectivity index (χ2n) is 6.29. The molecule has 0 radical (unpaired) electrons. The van der Waals surface area contributed by atoms with Crippen molar-refractivity contribution in [1.82, 2.24) is 0 Å². The van der Waals surface area contributed by atoms with E-state index in [0.29, 0.717) is 6.07 Å². The molecule has 3 aromatic carbocycles. The second-order valence-corrected chi connectivity index (χ2v) is 8.38. The number of amides is 1. The Balaban J connectivity index is 1.76. The van der Waals surface area contributed by atoms with Crippen molar-refractivity contribution in [1.29, 1.82) is 0 Å². The molecule has 3 rings (SSSR count). The third-order valence-corrected chi connectivity index (χ3v) is 5.76. The van der Waals surface area contributed by atoms with Gasteiger partial charge in [0, 0.05) is 16.9 Å². The number of hydrogen-bond acceptors (Lipinski definition) is 3. The molecule has 0 saturated heterocycles. The highest BCUT2D eigenvalue weighted by Gasteiger charge is 2.33. The van der Waals surface area contributed by atoms with E-state index in [-0.39, 0.29) is 21.8 Å². The van der Waals surface area contributed by atoms with Gasteiger partial charge < -0.3 is 5.32 Å². The van der Waals surface area contributed by atoms with Gasteiger partial charge in [0.1, 0.15) is 5.82 Å². The Morgan fingerprint density at radius 1 is 0.903 bits per heavy atom. The van der Waals surface area contributed by atoms with Crippen LogP contribution in [0.5, 0.6) is 0 Å². The Hall–Kier alpha value is -3.11. The molecule has 0 spiro atoms. The third kappa shape index (κ3) is 5.53. The molecule has 31 heavy (non-hydrogen) atoms. The van der Waals surface area contributed by atoms with Crippen molar-refractivity contribution in [3.8, 4) is 0 Å². The summed E-state index contributed by atoms with van der Waals surface area (Å²) < 4.78 is 79.1. The maximum Gasteiger partial charge on any atom is 0.417 e. The smallest absolute Gasteiger partial charge is 0.322 e. The van der Waals surface area contributed by atoms with Gasteiger partial charge in [0.25, 0.3) is 15.9 Å². The van der Waals surface area contributed by atoms with Gasteiger partial charge in [-0.1, -0.05) is 17.7 Å². The summed E-state index contributed by atoms with van der Waals surface area (Å²) in [5.41, 5.74) is -1.19. The molecule has 0 fully saturated rings. The number of nitrogens with one attached hydrogen (secondary N) is 2. The molecule has 0 aromatic heterocycles. The summed E-state index contributed by atoms with van der Waals surface area (Å²) in [5.74, 6) is -1.19. The first-order chi connectivity index (χ1) is 14.5. The minimum atomic E-state index is -4.75. The first-order valence-electron chi connectivity index (χ1n) is 8.52. The summed E-state index contributed by atoms with van der Waals surface area (Å²) in [7, 11) is -4.21. The van der Waals surface area contributed by atoms with Crippen LogP contribution in [0, 0.1) is 5.82 Å². The van der Waals surface area contributed by atoms with Crippen molar-refractivity contribution in [2.24, 2.45) is 0 Å². The summed E-state index contributed by atoms with van der Waals surface area (Å²) in [4.78, 5) is 11.9. The van der Waals surface area contributed by atoms with E-state index in [9.17, 15) is 30.8 Å². The van der Waals surface area contributed by atoms with Crippen molar-refractivity contribution in [3.63, 3.8) is 0 Å². The molecule has 0 bridgehead atoms. The Bertz CT molecular complexity index is 1230. The Morgan fingerprint density at radius 2 is 1.55 bits per heavy atom. The van der Waals surface area contributed by atoms with Crippen LogP contribution in [0.3, 0.4) is 0 Å². The predicted octanol–water partition coefficient (Wildman–Crippen LogP) is 5.55. The quantitative estimate of drug-likeness (QED) is 0.478. The van der Waals surface area contributed by atoms with Crippen LogP contribution in [0.4, 0.5) is 28.9 Å². The summed E-state index contributed by atoms with van der Waals surface area (Å²) >= 11 is 5.53. The van der Waals surface area contributed by atoms with E-state index in [1.54, 1.807) is 0 Å². The molecule has 0 aliphatic carbocycles. The molecule has 0 atom stereocenters. The maximum absolute atomic E-state index is 13.2. The number of carbonyl (C=O) groups is 1. The maximum atomic E-state index is 13.2. The van der Waals surface area contributed by atoms with Gasteiger partial charge in [-0.25, -0.2) is 12.8 Å². The summed E-state index contributed by atoms with van der Waals surface area (Å²) in [5, 5.41) is 1.92. The lowest BCUT2D eigenvalue weighted by Crippen LogP contribution is -2.15. The minimum Gasteiger partial charge on any atom is -0.322 e. The number of anilines is 2. The van der Waals surface area contributed by atoms with Gasteiger partial charge in [0.15, 0.2) is 0 Å². The predicted molar refractivity (Wildman–Crippen MR) is 108 cm³/mol. The van der Waals surface area contributed by atoms with Crippen LogP contribution < -0.4 is 10.0 Å². The van der Waals surface area contributed by atoms with E-state index >= 15 is 0 Å². The van der Waals surface area contributed by atoms with Gasteiger partial charge in [0.05, 0.1) is 15.5 Å². The van der Waals surface area contributed by atoms with Crippen LogP contribution in [0.2, 0.25) is 5.02 Å². The fourth-order valence-electron chi connectivity index (χ4n) is 2.57. The van der Waals surface area contributed by atoms with Crippen LogP contribution in [0.25, 0.3) is 0 Å². The lowest BCUT2D eigenvalue weighted by atomic mass is 10.2. The largest absolute Gasteiger partial charge is 0.417 e. The van der Waals surface area contributed by atoms with Crippen LogP contribution >= 0.6 is 11.6 Å². The number of carbonyl (C=O) groups excluding carboxylic acids is 1. The topological polar surface area (TPSA) is 75.3 Å². The molecular formula is C20H13ClF4N2O3S. The molecule has 0 aliphatic heterocycles. The number of alkyl halides is 3. The number of rotatable bonds is 5. The van der Waals surface area contributed by atoms with E-state index in [2.05, 4.69) is 10.0 Å². The number of sulfonamides is 1. The third-order valence-electron chi connectivity index (χ3n) is 4.03. The molecule has 1 amide bonds. The monoisotopic (exact) mass is 472 g/mol. The van der Waals surface area contributed by atoms with Crippen molar-refractivity contribution in [3.05, 3.63) is 88.7 Å². The van der Waals surface area contributed by atoms with Gasteiger partial charge in [0.2, 0.25) is 0 Å². The highest BCUT2D eigenvalue weighted by Crippen LogP contribution is 2.36. The molecule has 162 valence electrons. The van der Waals surface area contributed by atoms with Crippen molar-refractivity contribution < 1.29 is 30.8 Å². The molecule has 0 aliphatic rings. The minimum absolute atomic E-state index is 0.0709. The lowest BCUT2D eigenvalue weighted by Gasteiger charge is -2.13. The Morgan fingerprint density at radius 3 is 2.16 bits per heavy atom. The average molecular weight is 473 g/mol. The standard InChI is InChI=1S/C20H13ClF4N2O3S/c21-18-9-6-15(11-17(18)20(23,24)25)27-31(29,30)16-7-4-14(5-8-16)26-19(28)12-2-1-3-13(22)10-12/h1-11,27H,(H,26,28). The molecule has 0 heterocycles. The van der Waals surface area contributed by atoms with Crippen LogP contribution in [0.1, 0.15) is 15.9 Å². The van der Waals surface area contributed by atoms with Gasteiger partial charge in [-0.05, 0) is 60.7 Å². The van der Waals surface area contributed by atoms with E-state index in [4.69, 9.17) is 11.6 Å². The normalized spacial score (nSPS) is 11.8.